The smallest absolute Gasteiger partial charge is 0.262 e. The maximum absolute atomic E-state index is 12.7. The topological polar surface area (TPSA) is 79.9 Å². The number of carbonyl (C=O) groups excluding carboxylic acids is 2. The number of para-hydroxylation sites is 1. The quantitative estimate of drug-likeness (QED) is 0.539. The van der Waals surface area contributed by atoms with E-state index in [0.29, 0.717) is 29.6 Å². The van der Waals surface area contributed by atoms with E-state index in [9.17, 15) is 9.59 Å². The summed E-state index contributed by atoms with van der Waals surface area (Å²) in [5.41, 5.74) is 2.64. The Balaban J connectivity index is 1.35. The molecule has 1 saturated heterocycles. The van der Waals surface area contributed by atoms with Crippen LogP contribution in [0.1, 0.15) is 10.4 Å². The fraction of sp³-hybridized carbons (Fsp3) is 0.200. The first-order chi connectivity index (χ1) is 16.1. The summed E-state index contributed by atoms with van der Waals surface area (Å²) in [5, 5.41) is 6.00. The van der Waals surface area contributed by atoms with Crippen LogP contribution in [0.15, 0.2) is 72.8 Å². The van der Waals surface area contributed by atoms with Gasteiger partial charge in [0, 0.05) is 35.2 Å². The summed E-state index contributed by atoms with van der Waals surface area (Å²) < 4.78 is 11.0. The average molecular weight is 466 g/mol. The Morgan fingerprint density at radius 2 is 1.61 bits per heavy atom. The standard InChI is InChI=1S/C25H24ClN3O4/c26-18-6-11-23(22(16-18)25(31)28-19-4-2-1-3-5-19)33-17-24(30)27-20-7-9-21(10-8-20)29-12-14-32-15-13-29/h1-11,16H,12-15,17H2,(H,27,30)(H,28,31). The Labute approximate surface area is 197 Å². The molecule has 0 saturated carbocycles. The predicted molar refractivity (Wildman–Crippen MR) is 129 cm³/mol. The molecule has 0 bridgehead atoms. The monoisotopic (exact) mass is 465 g/mol. The zero-order valence-corrected chi connectivity index (χ0v) is 18.7. The number of nitrogens with one attached hydrogen (secondary N) is 2. The van der Waals surface area contributed by atoms with E-state index in [4.69, 9.17) is 21.1 Å². The molecule has 0 spiro atoms. The number of anilines is 3. The molecular formula is C25H24ClN3O4. The third-order valence-electron chi connectivity index (χ3n) is 5.10. The molecule has 0 atom stereocenters. The maximum atomic E-state index is 12.7. The van der Waals surface area contributed by atoms with Gasteiger partial charge in [0.05, 0.1) is 18.8 Å². The first-order valence-corrected chi connectivity index (χ1v) is 11.0. The average Bonchev–Trinajstić information content (AvgIpc) is 2.85. The van der Waals surface area contributed by atoms with Gasteiger partial charge in [0.15, 0.2) is 6.61 Å². The first kappa shape index (κ1) is 22.6. The molecule has 3 aromatic rings. The lowest BCUT2D eigenvalue weighted by Gasteiger charge is -2.28. The molecule has 1 aliphatic rings. The fourth-order valence-corrected chi connectivity index (χ4v) is 3.62. The van der Waals surface area contributed by atoms with Crippen molar-refractivity contribution in [1.29, 1.82) is 0 Å². The minimum atomic E-state index is -0.377. The zero-order chi connectivity index (χ0) is 23.0. The van der Waals surface area contributed by atoms with Crippen molar-refractivity contribution in [2.75, 3.05) is 48.4 Å². The minimum Gasteiger partial charge on any atom is -0.483 e. The van der Waals surface area contributed by atoms with Crippen LogP contribution in [0.5, 0.6) is 5.75 Å². The molecule has 3 aromatic carbocycles. The third kappa shape index (κ3) is 6.25. The number of hydrogen-bond acceptors (Lipinski definition) is 5. The van der Waals surface area contributed by atoms with Crippen LogP contribution in [0.25, 0.3) is 0 Å². The van der Waals surface area contributed by atoms with E-state index in [-0.39, 0.29) is 29.7 Å². The highest BCUT2D eigenvalue weighted by Gasteiger charge is 2.16. The summed E-state index contributed by atoms with van der Waals surface area (Å²) >= 11 is 6.08. The second-order valence-electron chi connectivity index (χ2n) is 7.44. The predicted octanol–water partition coefficient (Wildman–Crippen LogP) is 4.45. The Morgan fingerprint density at radius 1 is 0.909 bits per heavy atom. The minimum absolute atomic E-state index is 0.244. The van der Waals surface area contributed by atoms with Gasteiger partial charge in [-0.25, -0.2) is 0 Å². The van der Waals surface area contributed by atoms with Crippen molar-refractivity contribution in [1.82, 2.24) is 0 Å². The molecule has 1 heterocycles. The van der Waals surface area contributed by atoms with Crippen molar-refractivity contribution < 1.29 is 19.1 Å². The van der Waals surface area contributed by atoms with Crippen LogP contribution in [0.3, 0.4) is 0 Å². The van der Waals surface area contributed by atoms with E-state index in [1.54, 1.807) is 24.3 Å². The van der Waals surface area contributed by atoms with Gasteiger partial charge in [-0.2, -0.15) is 0 Å². The lowest BCUT2D eigenvalue weighted by molar-refractivity contribution is -0.118. The van der Waals surface area contributed by atoms with Crippen LogP contribution >= 0.6 is 11.6 Å². The van der Waals surface area contributed by atoms with Gasteiger partial charge in [-0.3, -0.25) is 9.59 Å². The molecule has 0 unspecified atom stereocenters. The Morgan fingerprint density at radius 3 is 2.33 bits per heavy atom. The number of rotatable bonds is 7. The van der Waals surface area contributed by atoms with Gasteiger partial charge < -0.3 is 25.0 Å². The van der Waals surface area contributed by atoms with Crippen LogP contribution < -0.4 is 20.3 Å². The number of morpholine rings is 1. The van der Waals surface area contributed by atoms with Gasteiger partial charge in [-0.15, -0.1) is 0 Å². The van der Waals surface area contributed by atoms with Crippen molar-refractivity contribution in [3.63, 3.8) is 0 Å². The first-order valence-electron chi connectivity index (χ1n) is 10.6. The number of halogens is 1. The largest absolute Gasteiger partial charge is 0.483 e. The van der Waals surface area contributed by atoms with Crippen LogP contribution in [0.4, 0.5) is 17.1 Å². The lowest BCUT2D eigenvalue weighted by atomic mass is 10.2. The van der Waals surface area contributed by atoms with E-state index in [0.717, 1.165) is 18.8 Å². The number of hydrogen-bond donors (Lipinski definition) is 2. The highest BCUT2D eigenvalue weighted by atomic mass is 35.5. The molecule has 7 nitrogen and oxygen atoms in total. The number of ether oxygens (including phenoxy) is 2. The Hall–Kier alpha value is -3.55. The van der Waals surface area contributed by atoms with E-state index in [1.807, 2.05) is 42.5 Å². The maximum Gasteiger partial charge on any atom is 0.262 e. The van der Waals surface area contributed by atoms with Gasteiger partial charge in [-0.1, -0.05) is 29.8 Å². The van der Waals surface area contributed by atoms with Crippen LogP contribution in [-0.2, 0) is 9.53 Å². The Bertz CT molecular complexity index is 1100. The van der Waals surface area contributed by atoms with E-state index < -0.39 is 0 Å². The van der Waals surface area contributed by atoms with Crippen molar-refractivity contribution in [3.05, 3.63) is 83.4 Å². The second kappa shape index (κ2) is 10.8. The van der Waals surface area contributed by atoms with Gasteiger partial charge in [-0.05, 0) is 54.6 Å². The SMILES string of the molecule is O=C(COc1ccc(Cl)cc1C(=O)Nc1ccccc1)Nc1ccc(N2CCOCC2)cc1. The molecule has 0 aromatic heterocycles. The highest BCUT2D eigenvalue weighted by Crippen LogP contribution is 2.24. The van der Waals surface area contributed by atoms with Crippen molar-refractivity contribution in [3.8, 4) is 5.75 Å². The Kier molecular flexibility index (Phi) is 7.44. The van der Waals surface area contributed by atoms with E-state index in [1.165, 1.54) is 6.07 Å². The van der Waals surface area contributed by atoms with Gasteiger partial charge in [0.25, 0.3) is 11.8 Å². The summed E-state index contributed by atoms with van der Waals surface area (Å²) in [7, 11) is 0. The van der Waals surface area contributed by atoms with Crippen molar-refractivity contribution in [2.45, 2.75) is 0 Å². The molecule has 0 radical (unpaired) electrons. The van der Waals surface area contributed by atoms with Gasteiger partial charge >= 0.3 is 0 Å². The molecule has 2 amide bonds. The molecule has 33 heavy (non-hydrogen) atoms. The van der Waals surface area contributed by atoms with Gasteiger partial charge in [0.2, 0.25) is 0 Å². The summed E-state index contributed by atoms with van der Waals surface area (Å²) in [5.74, 6) is -0.443. The van der Waals surface area contributed by atoms with E-state index >= 15 is 0 Å². The summed E-state index contributed by atoms with van der Waals surface area (Å²) in [6, 6.07) is 21.4. The lowest BCUT2D eigenvalue weighted by Crippen LogP contribution is -2.36. The van der Waals surface area contributed by atoms with Crippen LogP contribution in [-0.4, -0.2) is 44.7 Å². The molecule has 1 fully saturated rings. The summed E-state index contributed by atoms with van der Waals surface area (Å²) in [6.45, 7) is 2.87. The molecule has 2 N–H and O–H groups in total. The van der Waals surface area contributed by atoms with Crippen molar-refractivity contribution >= 4 is 40.5 Å². The number of amides is 2. The molecule has 0 aliphatic carbocycles. The zero-order valence-electron chi connectivity index (χ0n) is 17.9. The van der Waals surface area contributed by atoms with E-state index in [2.05, 4.69) is 15.5 Å². The second-order valence-corrected chi connectivity index (χ2v) is 7.88. The summed E-state index contributed by atoms with van der Waals surface area (Å²) in [4.78, 5) is 27.4. The van der Waals surface area contributed by atoms with Gasteiger partial charge in [0.1, 0.15) is 5.75 Å². The van der Waals surface area contributed by atoms with Crippen LogP contribution in [0, 0.1) is 0 Å². The molecular weight excluding hydrogens is 442 g/mol. The highest BCUT2D eigenvalue weighted by molar-refractivity contribution is 6.31. The number of carbonyl (C=O) groups is 2. The molecule has 8 heteroatoms. The molecule has 170 valence electrons. The normalized spacial score (nSPS) is 13.3. The third-order valence-corrected chi connectivity index (χ3v) is 5.34. The molecule has 1 aliphatic heterocycles. The number of nitrogens with zero attached hydrogens (tertiary/aromatic N) is 1. The fourth-order valence-electron chi connectivity index (χ4n) is 3.44. The number of benzene rings is 3. The van der Waals surface area contributed by atoms with Crippen molar-refractivity contribution in [2.24, 2.45) is 0 Å². The molecule has 4 rings (SSSR count). The van der Waals surface area contributed by atoms with Crippen LogP contribution in [0.2, 0.25) is 5.02 Å². The summed E-state index contributed by atoms with van der Waals surface area (Å²) in [6.07, 6.45) is 0.